The van der Waals surface area contributed by atoms with Crippen LogP contribution in [0.1, 0.15) is 10.4 Å². The Labute approximate surface area is 174 Å². The molecule has 2 rings (SSSR count). The summed E-state index contributed by atoms with van der Waals surface area (Å²) in [4.78, 5) is 20.4. The molecule has 0 heterocycles. The molecule has 0 aliphatic rings. The van der Waals surface area contributed by atoms with E-state index in [-0.39, 0.29) is 73.2 Å². The Balaban J connectivity index is 0.00000264. The number of nitrogens with one attached hydrogen (secondary N) is 1. The van der Waals surface area contributed by atoms with Crippen molar-refractivity contribution < 1.29 is 74.6 Å². The van der Waals surface area contributed by atoms with Crippen molar-refractivity contribution in [2.75, 3.05) is 4.72 Å². The number of hydrogen-bond donors (Lipinski definition) is 1. The summed E-state index contributed by atoms with van der Waals surface area (Å²) in [5.41, 5.74) is -0.335. The van der Waals surface area contributed by atoms with Gasteiger partial charge in [-0.3, -0.25) is 14.8 Å². The van der Waals surface area contributed by atoms with Crippen LogP contribution in [0.2, 0.25) is 0 Å². The van der Waals surface area contributed by atoms with E-state index >= 15 is 0 Å². The summed E-state index contributed by atoms with van der Waals surface area (Å²) >= 11 is 0. The first-order valence-electron chi connectivity index (χ1n) is 5.88. The summed E-state index contributed by atoms with van der Waals surface area (Å²) in [5, 5.41) is 21.3. The van der Waals surface area contributed by atoms with E-state index in [1.54, 1.807) is 0 Å². The van der Waals surface area contributed by atoms with Crippen molar-refractivity contribution in [2.24, 2.45) is 0 Å². The number of nitro benzene ring substituents is 1. The molecule has 0 radical (unpaired) electrons. The molecule has 2 aromatic carbocycles. The number of rotatable bonds is 5. The molecule has 0 atom stereocenters. The predicted octanol–water partition coefficient (Wildman–Crippen LogP) is -2.24. The summed E-state index contributed by atoms with van der Waals surface area (Å²) in [7, 11) is -4.01. The molecule has 1 N–H and O–H groups in total. The molecular formula is C13H9KN2O6S. The molecule has 23 heavy (non-hydrogen) atoms. The summed E-state index contributed by atoms with van der Waals surface area (Å²) in [6.07, 6.45) is 0. The zero-order valence-corrected chi connectivity index (χ0v) is 15.9. The normalized spacial score (nSPS) is 10.4. The molecule has 0 spiro atoms. The summed E-state index contributed by atoms with van der Waals surface area (Å²) in [6.45, 7) is 0. The van der Waals surface area contributed by atoms with Gasteiger partial charge in [0.1, 0.15) is 0 Å². The minimum absolute atomic E-state index is 0. The quantitative estimate of drug-likeness (QED) is 0.365. The van der Waals surface area contributed by atoms with Gasteiger partial charge in [-0.25, -0.2) is 8.42 Å². The number of carbonyl (C=O) groups is 1. The van der Waals surface area contributed by atoms with Gasteiger partial charge in [-0.15, -0.1) is 0 Å². The van der Waals surface area contributed by atoms with Gasteiger partial charge in [0, 0.05) is 17.8 Å². The molecule has 0 saturated heterocycles. The molecule has 0 aliphatic carbocycles. The smallest absolute Gasteiger partial charge is 0.545 e. The molecule has 2 aromatic rings. The molecule has 0 bridgehead atoms. The Kier molecular flexibility index (Phi) is 6.86. The zero-order valence-electron chi connectivity index (χ0n) is 11.9. The van der Waals surface area contributed by atoms with Crippen molar-refractivity contribution in [2.45, 2.75) is 4.90 Å². The third-order valence-corrected chi connectivity index (χ3v) is 4.09. The van der Waals surface area contributed by atoms with E-state index < -0.39 is 20.9 Å². The number of aromatic carboxylic acids is 1. The van der Waals surface area contributed by atoms with E-state index in [4.69, 9.17) is 0 Å². The van der Waals surface area contributed by atoms with Crippen LogP contribution in [0.5, 0.6) is 0 Å². The van der Waals surface area contributed by atoms with Gasteiger partial charge in [-0.2, -0.15) is 0 Å². The Hall–Kier alpha value is -1.30. The van der Waals surface area contributed by atoms with Crippen molar-refractivity contribution in [1.29, 1.82) is 0 Å². The molecule has 0 amide bonds. The molecular weight excluding hydrogens is 351 g/mol. The van der Waals surface area contributed by atoms with Gasteiger partial charge in [0.2, 0.25) is 0 Å². The summed E-state index contributed by atoms with van der Waals surface area (Å²) in [5.74, 6) is -1.49. The van der Waals surface area contributed by atoms with Crippen LogP contribution in [-0.4, -0.2) is 19.3 Å². The average Bonchev–Trinajstić information content (AvgIpc) is 2.47. The fraction of sp³-hybridized carbons (Fsp3) is 0. The molecule has 0 aromatic heterocycles. The van der Waals surface area contributed by atoms with Crippen LogP contribution >= 0.6 is 0 Å². The molecule has 0 aliphatic heterocycles. The van der Waals surface area contributed by atoms with E-state index in [1.165, 1.54) is 30.3 Å². The first kappa shape index (κ1) is 19.7. The van der Waals surface area contributed by atoms with Crippen molar-refractivity contribution in [3.05, 3.63) is 64.2 Å². The number of carboxylic acids is 1. The second-order valence-electron chi connectivity index (χ2n) is 4.22. The minimum atomic E-state index is -4.01. The van der Waals surface area contributed by atoms with E-state index in [0.29, 0.717) is 0 Å². The fourth-order valence-corrected chi connectivity index (χ4v) is 2.76. The maximum Gasteiger partial charge on any atom is 1.00 e. The van der Waals surface area contributed by atoms with Crippen LogP contribution in [0.4, 0.5) is 11.4 Å². The largest absolute Gasteiger partial charge is 1.00 e. The standard InChI is InChI=1S/C13H10N2O6S.K/c16-13(17)9-2-1-3-12(8-9)22(20,21)14-10-4-6-11(7-5-10)15(18)19;/h1-8,14H,(H,16,17);/q;+1/p-1. The van der Waals surface area contributed by atoms with E-state index in [2.05, 4.69) is 4.72 Å². The Morgan fingerprint density at radius 3 is 2.22 bits per heavy atom. The minimum Gasteiger partial charge on any atom is -0.545 e. The average molecular weight is 360 g/mol. The number of carboxylic acid groups (broad SMARTS) is 1. The van der Waals surface area contributed by atoms with Gasteiger partial charge in [0.15, 0.2) is 0 Å². The fourth-order valence-electron chi connectivity index (χ4n) is 1.66. The summed E-state index contributed by atoms with van der Waals surface area (Å²) in [6, 6.07) is 9.43. The van der Waals surface area contributed by atoms with Crippen LogP contribution in [0.15, 0.2) is 53.4 Å². The molecule has 114 valence electrons. The maximum absolute atomic E-state index is 12.1. The number of benzene rings is 2. The molecule has 0 fully saturated rings. The second kappa shape index (κ2) is 7.99. The van der Waals surface area contributed by atoms with E-state index in [9.17, 15) is 28.4 Å². The third-order valence-electron chi connectivity index (χ3n) is 2.71. The van der Waals surface area contributed by atoms with Crippen LogP contribution < -0.4 is 61.2 Å². The number of carbonyl (C=O) groups excluding carboxylic acids is 1. The van der Waals surface area contributed by atoms with Gasteiger partial charge in [0.25, 0.3) is 15.7 Å². The Bertz CT molecular complexity index is 836. The van der Waals surface area contributed by atoms with Gasteiger partial charge < -0.3 is 9.90 Å². The molecule has 8 nitrogen and oxygen atoms in total. The third kappa shape index (κ3) is 5.09. The van der Waals surface area contributed by atoms with Crippen molar-refractivity contribution in [3.8, 4) is 0 Å². The van der Waals surface area contributed by atoms with Crippen LogP contribution in [0, 0.1) is 10.1 Å². The first-order valence-corrected chi connectivity index (χ1v) is 7.36. The van der Waals surface area contributed by atoms with Crippen LogP contribution in [0.25, 0.3) is 0 Å². The van der Waals surface area contributed by atoms with Gasteiger partial charge >= 0.3 is 51.4 Å². The van der Waals surface area contributed by atoms with Crippen LogP contribution in [-0.2, 0) is 10.0 Å². The molecule has 0 unspecified atom stereocenters. The SMILES string of the molecule is O=C([O-])c1cccc(S(=O)(=O)Nc2ccc([N+](=O)[O-])cc2)c1.[K+]. The Morgan fingerprint density at radius 2 is 1.70 bits per heavy atom. The number of anilines is 1. The topological polar surface area (TPSA) is 129 Å². The van der Waals surface area contributed by atoms with Crippen LogP contribution in [0.3, 0.4) is 0 Å². The monoisotopic (exact) mass is 360 g/mol. The number of non-ortho nitro benzene ring substituents is 1. The second-order valence-corrected chi connectivity index (χ2v) is 5.91. The maximum atomic E-state index is 12.1. The predicted molar refractivity (Wildman–Crippen MR) is 74.7 cm³/mol. The summed E-state index contributed by atoms with van der Waals surface area (Å²) < 4.78 is 26.5. The van der Waals surface area contributed by atoms with Gasteiger partial charge in [-0.1, -0.05) is 12.1 Å². The zero-order chi connectivity index (χ0) is 16.3. The van der Waals surface area contributed by atoms with Crippen molar-refractivity contribution in [1.82, 2.24) is 0 Å². The number of hydrogen-bond acceptors (Lipinski definition) is 6. The molecule has 10 heteroatoms. The van der Waals surface area contributed by atoms with Gasteiger partial charge in [-0.05, 0) is 29.8 Å². The number of nitrogens with zero attached hydrogens (tertiary/aromatic N) is 1. The number of nitro groups is 1. The van der Waals surface area contributed by atoms with E-state index in [1.807, 2.05) is 0 Å². The first-order chi connectivity index (χ1) is 10.3. The van der Waals surface area contributed by atoms with Gasteiger partial charge in [0.05, 0.1) is 15.8 Å². The number of sulfonamides is 1. The van der Waals surface area contributed by atoms with Crippen molar-refractivity contribution in [3.63, 3.8) is 0 Å². The van der Waals surface area contributed by atoms with Crippen molar-refractivity contribution >= 4 is 27.4 Å². The van der Waals surface area contributed by atoms with E-state index in [0.717, 1.165) is 18.2 Å². The Morgan fingerprint density at radius 1 is 1.09 bits per heavy atom. The molecule has 0 saturated carbocycles.